The van der Waals surface area contributed by atoms with Crippen LogP contribution >= 0.6 is 11.6 Å². The van der Waals surface area contributed by atoms with Crippen molar-refractivity contribution in [3.8, 4) is 5.69 Å². The highest BCUT2D eigenvalue weighted by molar-refractivity contribution is 6.31. The molecule has 0 saturated carbocycles. The van der Waals surface area contributed by atoms with Crippen LogP contribution in [0.25, 0.3) is 5.69 Å². The molecule has 0 radical (unpaired) electrons. The molecule has 3 rings (SSSR count). The third-order valence-electron chi connectivity index (χ3n) is 4.42. The standard InChI is InChI=1S/C18H21ClN4O2/c1-11-16(19)12(2)23(22-11)14-8-6-13(7-9-14)17(24)21-15-5-3-4-10-20-18(15)25/h6-9,15H,3-5,10H2,1-2H3,(H,20,25)(H,21,24). The zero-order chi connectivity index (χ0) is 18.0. The number of amides is 2. The van der Waals surface area contributed by atoms with Crippen LogP contribution < -0.4 is 10.6 Å². The highest BCUT2D eigenvalue weighted by Crippen LogP contribution is 2.22. The number of aromatic nitrogens is 2. The monoisotopic (exact) mass is 360 g/mol. The van der Waals surface area contributed by atoms with E-state index in [1.54, 1.807) is 16.8 Å². The maximum Gasteiger partial charge on any atom is 0.251 e. The lowest BCUT2D eigenvalue weighted by Crippen LogP contribution is -2.45. The van der Waals surface area contributed by atoms with Crippen molar-refractivity contribution in [3.05, 3.63) is 46.2 Å². The van der Waals surface area contributed by atoms with Crippen LogP contribution in [0.1, 0.15) is 41.0 Å². The Morgan fingerprint density at radius 1 is 1.28 bits per heavy atom. The Morgan fingerprint density at radius 3 is 2.64 bits per heavy atom. The van der Waals surface area contributed by atoms with Crippen molar-refractivity contribution in [2.45, 2.75) is 39.2 Å². The third-order valence-corrected chi connectivity index (χ3v) is 4.96. The largest absolute Gasteiger partial charge is 0.354 e. The lowest BCUT2D eigenvalue weighted by Gasteiger charge is -2.15. The summed E-state index contributed by atoms with van der Waals surface area (Å²) in [6, 6.07) is 6.62. The minimum absolute atomic E-state index is 0.111. The van der Waals surface area contributed by atoms with Crippen LogP contribution in [0.4, 0.5) is 0 Å². The van der Waals surface area contributed by atoms with E-state index in [4.69, 9.17) is 11.6 Å². The van der Waals surface area contributed by atoms with Crippen LogP contribution in [0.3, 0.4) is 0 Å². The SMILES string of the molecule is Cc1nn(-c2ccc(C(=O)NC3CCCCNC3=O)cc2)c(C)c1Cl. The fourth-order valence-electron chi connectivity index (χ4n) is 2.95. The quantitative estimate of drug-likeness (QED) is 0.883. The molecule has 6 nitrogen and oxygen atoms in total. The molecule has 2 amide bonds. The summed E-state index contributed by atoms with van der Waals surface area (Å²) in [6.07, 6.45) is 2.53. The molecule has 7 heteroatoms. The minimum Gasteiger partial charge on any atom is -0.354 e. The van der Waals surface area contributed by atoms with E-state index in [0.29, 0.717) is 23.6 Å². The Morgan fingerprint density at radius 2 is 2.00 bits per heavy atom. The van der Waals surface area contributed by atoms with E-state index in [1.165, 1.54) is 0 Å². The third kappa shape index (κ3) is 3.69. The van der Waals surface area contributed by atoms with E-state index in [0.717, 1.165) is 29.9 Å². The Balaban J connectivity index is 1.74. The first-order valence-electron chi connectivity index (χ1n) is 8.38. The van der Waals surface area contributed by atoms with E-state index in [-0.39, 0.29) is 11.8 Å². The van der Waals surface area contributed by atoms with E-state index in [9.17, 15) is 9.59 Å². The Bertz CT molecular complexity index is 798. The van der Waals surface area contributed by atoms with Gasteiger partial charge in [-0.05, 0) is 57.4 Å². The van der Waals surface area contributed by atoms with Crippen molar-refractivity contribution in [1.29, 1.82) is 0 Å². The lowest BCUT2D eigenvalue weighted by atomic mass is 10.1. The number of halogens is 1. The van der Waals surface area contributed by atoms with Crippen LogP contribution in [0.15, 0.2) is 24.3 Å². The number of benzene rings is 1. The summed E-state index contributed by atoms with van der Waals surface area (Å²) in [5.41, 5.74) is 2.96. The molecule has 0 aliphatic carbocycles. The predicted molar refractivity (Wildman–Crippen MR) is 96.2 cm³/mol. The molecule has 1 aromatic carbocycles. The van der Waals surface area contributed by atoms with Crippen LogP contribution in [-0.2, 0) is 4.79 Å². The second kappa shape index (κ2) is 7.27. The number of hydrogen-bond donors (Lipinski definition) is 2. The molecule has 132 valence electrons. The van der Waals surface area contributed by atoms with Crippen molar-refractivity contribution in [2.24, 2.45) is 0 Å². The molecule has 1 atom stereocenters. The average molecular weight is 361 g/mol. The van der Waals surface area contributed by atoms with Gasteiger partial charge in [-0.3, -0.25) is 9.59 Å². The fraction of sp³-hybridized carbons (Fsp3) is 0.389. The van der Waals surface area contributed by atoms with Crippen molar-refractivity contribution in [1.82, 2.24) is 20.4 Å². The Hall–Kier alpha value is -2.34. The van der Waals surface area contributed by atoms with Crippen LogP contribution in [-0.4, -0.2) is 34.2 Å². The number of hydrogen-bond acceptors (Lipinski definition) is 3. The molecule has 0 bridgehead atoms. The molecule has 2 N–H and O–H groups in total. The summed E-state index contributed by atoms with van der Waals surface area (Å²) in [5, 5.41) is 10.7. The molecule has 1 aliphatic rings. The molecular formula is C18H21ClN4O2. The summed E-state index contributed by atoms with van der Waals surface area (Å²) in [6.45, 7) is 4.42. The van der Waals surface area contributed by atoms with Crippen molar-refractivity contribution in [3.63, 3.8) is 0 Å². The molecular weight excluding hydrogens is 340 g/mol. The van der Waals surface area contributed by atoms with E-state index in [2.05, 4.69) is 15.7 Å². The van der Waals surface area contributed by atoms with Crippen molar-refractivity contribution >= 4 is 23.4 Å². The van der Waals surface area contributed by atoms with E-state index >= 15 is 0 Å². The van der Waals surface area contributed by atoms with Crippen LogP contribution in [0.2, 0.25) is 5.02 Å². The number of aryl methyl sites for hydroxylation is 1. The second-order valence-corrected chi connectivity index (χ2v) is 6.63. The fourth-order valence-corrected chi connectivity index (χ4v) is 3.07. The first kappa shape index (κ1) is 17.5. The van der Waals surface area contributed by atoms with Crippen LogP contribution in [0, 0.1) is 13.8 Å². The van der Waals surface area contributed by atoms with Crippen molar-refractivity contribution < 1.29 is 9.59 Å². The minimum atomic E-state index is -0.468. The van der Waals surface area contributed by atoms with Gasteiger partial charge in [-0.1, -0.05) is 11.6 Å². The average Bonchev–Trinajstić information content (AvgIpc) is 2.77. The molecule has 0 spiro atoms. The maximum absolute atomic E-state index is 12.4. The van der Waals surface area contributed by atoms with Gasteiger partial charge in [0.25, 0.3) is 5.91 Å². The number of rotatable bonds is 3. The normalized spacial score (nSPS) is 17.7. The van der Waals surface area contributed by atoms with Gasteiger partial charge in [0.05, 0.1) is 22.1 Å². The number of carbonyl (C=O) groups is 2. The highest BCUT2D eigenvalue weighted by atomic mass is 35.5. The molecule has 25 heavy (non-hydrogen) atoms. The number of carbonyl (C=O) groups excluding carboxylic acids is 2. The first-order chi connectivity index (χ1) is 12.0. The molecule has 1 unspecified atom stereocenters. The topological polar surface area (TPSA) is 76.0 Å². The summed E-state index contributed by atoms with van der Waals surface area (Å²) >= 11 is 6.18. The lowest BCUT2D eigenvalue weighted by molar-refractivity contribution is -0.122. The molecule has 2 heterocycles. The Labute approximate surface area is 151 Å². The predicted octanol–water partition coefficient (Wildman–Crippen LogP) is 2.54. The van der Waals surface area contributed by atoms with Gasteiger partial charge in [-0.15, -0.1) is 0 Å². The number of nitrogens with zero attached hydrogens (tertiary/aromatic N) is 2. The summed E-state index contributed by atoms with van der Waals surface area (Å²) in [7, 11) is 0. The molecule has 1 aromatic heterocycles. The van der Waals surface area contributed by atoms with Gasteiger partial charge >= 0.3 is 0 Å². The van der Waals surface area contributed by atoms with Gasteiger partial charge in [0.1, 0.15) is 6.04 Å². The first-order valence-corrected chi connectivity index (χ1v) is 8.76. The van der Waals surface area contributed by atoms with Crippen LogP contribution in [0.5, 0.6) is 0 Å². The van der Waals surface area contributed by atoms with Gasteiger partial charge in [0.15, 0.2) is 0 Å². The smallest absolute Gasteiger partial charge is 0.251 e. The van der Waals surface area contributed by atoms with Crippen molar-refractivity contribution in [2.75, 3.05) is 6.54 Å². The molecule has 1 saturated heterocycles. The molecule has 2 aromatic rings. The summed E-state index contributed by atoms with van der Waals surface area (Å²) in [4.78, 5) is 24.4. The maximum atomic E-state index is 12.4. The second-order valence-electron chi connectivity index (χ2n) is 6.26. The number of nitrogens with one attached hydrogen (secondary N) is 2. The van der Waals surface area contributed by atoms with Gasteiger partial charge in [0.2, 0.25) is 5.91 Å². The van der Waals surface area contributed by atoms with E-state index in [1.807, 2.05) is 26.0 Å². The Kier molecular flexibility index (Phi) is 5.08. The van der Waals surface area contributed by atoms with Gasteiger partial charge in [0, 0.05) is 12.1 Å². The molecule has 1 aliphatic heterocycles. The molecule has 1 fully saturated rings. The zero-order valence-electron chi connectivity index (χ0n) is 14.3. The summed E-state index contributed by atoms with van der Waals surface area (Å²) in [5.74, 6) is -0.361. The zero-order valence-corrected chi connectivity index (χ0v) is 15.1. The van der Waals surface area contributed by atoms with Gasteiger partial charge in [-0.2, -0.15) is 5.10 Å². The van der Waals surface area contributed by atoms with Gasteiger partial charge < -0.3 is 10.6 Å². The van der Waals surface area contributed by atoms with Gasteiger partial charge in [-0.25, -0.2) is 4.68 Å². The van der Waals surface area contributed by atoms with E-state index < -0.39 is 6.04 Å². The summed E-state index contributed by atoms with van der Waals surface area (Å²) < 4.78 is 1.75. The highest BCUT2D eigenvalue weighted by Gasteiger charge is 2.22.